The Bertz CT molecular complexity index is 807. The number of hydrogen-bond donors (Lipinski definition) is 1. The van der Waals surface area contributed by atoms with E-state index in [0.29, 0.717) is 5.75 Å². The summed E-state index contributed by atoms with van der Waals surface area (Å²) < 4.78 is 6.63. The van der Waals surface area contributed by atoms with Crippen LogP contribution in [0.5, 0.6) is 5.75 Å². The third-order valence-corrected chi connectivity index (χ3v) is 4.36. The summed E-state index contributed by atoms with van der Waals surface area (Å²) in [5.41, 5.74) is 2.72. The van der Waals surface area contributed by atoms with Crippen LogP contribution < -0.4 is 10.1 Å². The van der Waals surface area contributed by atoms with E-state index >= 15 is 0 Å². The maximum absolute atomic E-state index is 12.4. The number of halogens is 1. The number of hydrogen-bond acceptors (Lipinski definition) is 3. The van der Waals surface area contributed by atoms with Gasteiger partial charge in [-0.2, -0.15) is 0 Å². The summed E-state index contributed by atoms with van der Waals surface area (Å²) in [6, 6.07) is 13.1. The van der Waals surface area contributed by atoms with Crippen LogP contribution in [0.4, 0.5) is 5.69 Å². The molecule has 0 bridgehead atoms. The normalized spacial score (nSPS) is 11.6. The third kappa shape index (κ3) is 5.59. The number of benzene rings is 2. The molecule has 138 valence electrons. The summed E-state index contributed by atoms with van der Waals surface area (Å²) in [7, 11) is 1.59. The second-order valence-corrected chi connectivity index (χ2v) is 7.19. The van der Waals surface area contributed by atoms with Gasteiger partial charge in [0.2, 0.25) is 5.91 Å². The van der Waals surface area contributed by atoms with Crippen molar-refractivity contribution in [3.8, 4) is 5.75 Å². The van der Waals surface area contributed by atoms with Crippen molar-refractivity contribution in [2.24, 2.45) is 0 Å². The van der Waals surface area contributed by atoms with Crippen LogP contribution in [-0.4, -0.2) is 36.4 Å². The molecule has 0 saturated carbocycles. The summed E-state index contributed by atoms with van der Waals surface area (Å²) in [6.45, 7) is 5.50. The van der Waals surface area contributed by atoms with Crippen LogP contribution in [0, 0.1) is 13.8 Å². The largest absolute Gasteiger partial charge is 0.481 e. The average Bonchev–Trinajstić information content (AvgIpc) is 2.56. The molecular weight excluding hydrogens is 396 g/mol. The van der Waals surface area contributed by atoms with E-state index in [1.807, 2.05) is 50.2 Å². The molecule has 0 aliphatic rings. The second-order valence-electron chi connectivity index (χ2n) is 6.28. The molecular formula is C20H23BrN2O3. The molecule has 0 heterocycles. The Balaban J connectivity index is 1.91. The van der Waals surface area contributed by atoms with E-state index in [2.05, 4.69) is 21.2 Å². The van der Waals surface area contributed by atoms with Crippen LogP contribution in [0.3, 0.4) is 0 Å². The summed E-state index contributed by atoms with van der Waals surface area (Å²) >= 11 is 3.39. The predicted molar refractivity (Wildman–Crippen MR) is 106 cm³/mol. The van der Waals surface area contributed by atoms with Crippen LogP contribution in [-0.2, 0) is 9.59 Å². The molecule has 2 aromatic carbocycles. The zero-order chi connectivity index (χ0) is 19.3. The molecule has 0 aromatic heterocycles. The van der Waals surface area contributed by atoms with Gasteiger partial charge in [0, 0.05) is 17.2 Å². The molecule has 0 spiro atoms. The van der Waals surface area contributed by atoms with E-state index in [0.717, 1.165) is 21.3 Å². The summed E-state index contributed by atoms with van der Waals surface area (Å²) in [6.07, 6.45) is -0.677. The Labute approximate surface area is 162 Å². The highest BCUT2D eigenvalue weighted by Gasteiger charge is 2.21. The minimum Gasteiger partial charge on any atom is -0.481 e. The highest BCUT2D eigenvalue weighted by atomic mass is 79.9. The third-order valence-electron chi connectivity index (χ3n) is 3.87. The molecule has 0 unspecified atom stereocenters. The lowest BCUT2D eigenvalue weighted by molar-refractivity contribution is -0.139. The van der Waals surface area contributed by atoms with E-state index in [4.69, 9.17) is 4.74 Å². The van der Waals surface area contributed by atoms with Crippen molar-refractivity contribution in [1.82, 2.24) is 4.90 Å². The maximum atomic E-state index is 12.4. The number of likely N-dealkylation sites (N-methyl/N-ethyl adjacent to an activating group) is 1. The molecule has 2 amide bonds. The summed E-state index contributed by atoms with van der Waals surface area (Å²) in [5.74, 6) is 0.123. The van der Waals surface area contributed by atoms with E-state index in [-0.39, 0.29) is 18.4 Å². The lowest BCUT2D eigenvalue weighted by atomic mass is 10.2. The quantitative estimate of drug-likeness (QED) is 0.772. The van der Waals surface area contributed by atoms with Crippen LogP contribution >= 0.6 is 15.9 Å². The standard InChI is InChI=1S/C20H23BrN2O3/c1-13-6-5-7-17(10-13)26-15(3)20(25)23(4)12-19(24)22-18-9-8-16(21)11-14(18)2/h5-11,15H,12H2,1-4H3,(H,22,24)/t15-/m0/s1. The van der Waals surface area contributed by atoms with E-state index in [1.165, 1.54) is 4.90 Å². The monoisotopic (exact) mass is 418 g/mol. The van der Waals surface area contributed by atoms with Crippen molar-refractivity contribution in [3.63, 3.8) is 0 Å². The Morgan fingerprint density at radius 3 is 2.58 bits per heavy atom. The van der Waals surface area contributed by atoms with Gasteiger partial charge in [-0.25, -0.2) is 0 Å². The fourth-order valence-corrected chi connectivity index (χ4v) is 2.98. The second kappa shape index (κ2) is 8.85. The van der Waals surface area contributed by atoms with Gasteiger partial charge >= 0.3 is 0 Å². The van der Waals surface area contributed by atoms with Crippen molar-refractivity contribution < 1.29 is 14.3 Å². The first kappa shape index (κ1) is 20.0. The van der Waals surface area contributed by atoms with E-state index < -0.39 is 6.10 Å². The van der Waals surface area contributed by atoms with Gasteiger partial charge in [0.05, 0.1) is 6.54 Å². The number of nitrogens with zero attached hydrogens (tertiary/aromatic N) is 1. The number of ether oxygens (including phenoxy) is 1. The molecule has 26 heavy (non-hydrogen) atoms. The number of anilines is 1. The topological polar surface area (TPSA) is 58.6 Å². The van der Waals surface area contributed by atoms with Gasteiger partial charge in [0.25, 0.3) is 5.91 Å². The number of nitrogens with one attached hydrogen (secondary N) is 1. The van der Waals surface area contributed by atoms with Gasteiger partial charge < -0.3 is 15.0 Å². The van der Waals surface area contributed by atoms with Gasteiger partial charge in [-0.05, 0) is 62.2 Å². The smallest absolute Gasteiger partial charge is 0.263 e. The Morgan fingerprint density at radius 2 is 1.92 bits per heavy atom. The summed E-state index contributed by atoms with van der Waals surface area (Å²) in [4.78, 5) is 26.0. The van der Waals surface area contributed by atoms with Crippen molar-refractivity contribution in [3.05, 3.63) is 58.1 Å². The SMILES string of the molecule is Cc1cccc(O[C@@H](C)C(=O)N(C)CC(=O)Nc2ccc(Br)cc2C)c1. The number of carbonyl (C=O) groups excluding carboxylic acids is 2. The average molecular weight is 419 g/mol. The van der Waals surface area contributed by atoms with Crippen molar-refractivity contribution in [1.29, 1.82) is 0 Å². The number of carbonyl (C=O) groups is 2. The zero-order valence-corrected chi connectivity index (χ0v) is 17.0. The fraction of sp³-hybridized carbons (Fsp3) is 0.300. The minimum atomic E-state index is -0.677. The van der Waals surface area contributed by atoms with Crippen LogP contribution in [0.2, 0.25) is 0 Å². The first-order chi connectivity index (χ1) is 12.3. The van der Waals surface area contributed by atoms with Crippen molar-refractivity contribution >= 4 is 33.4 Å². The molecule has 0 saturated heterocycles. The predicted octanol–water partition coefficient (Wildman–Crippen LogP) is 3.93. The molecule has 5 nitrogen and oxygen atoms in total. The van der Waals surface area contributed by atoms with Crippen molar-refractivity contribution in [2.45, 2.75) is 26.9 Å². The van der Waals surface area contributed by atoms with Crippen LogP contribution in [0.1, 0.15) is 18.1 Å². The first-order valence-corrected chi connectivity index (χ1v) is 9.10. The number of amides is 2. The molecule has 2 rings (SSSR count). The molecule has 0 fully saturated rings. The Morgan fingerprint density at radius 1 is 1.19 bits per heavy atom. The van der Waals surface area contributed by atoms with Crippen molar-refractivity contribution in [2.75, 3.05) is 18.9 Å². The van der Waals surface area contributed by atoms with Gasteiger partial charge in [-0.15, -0.1) is 0 Å². The van der Waals surface area contributed by atoms with Crippen LogP contribution in [0.15, 0.2) is 46.9 Å². The lowest BCUT2D eigenvalue weighted by Crippen LogP contribution is -2.42. The van der Waals surface area contributed by atoms with Gasteiger partial charge in [-0.1, -0.05) is 28.1 Å². The van der Waals surface area contributed by atoms with Gasteiger partial charge in [-0.3, -0.25) is 9.59 Å². The minimum absolute atomic E-state index is 0.0458. The van der Waals surface area contributed by atoms with E-state index in [9.17, 15) is 9.59 Å². The molecule has 0 radical (unpaired) electrons. The van der Waals surface area contributed by atoms with Gasteiger partial charge in [0.1, 0.15) is 5.75 Å². The molecule has 2 aromatic rings. The molecule has 1 N–H and O–H groups in total. The summed E-state index contributed by atoms with van der Waals surface area (Å²) in [5, 5.41) is 2.82. The zero-order valence-electron chi connectivity index (χ0n) is 15.4. The fourth-order valence-electron chi connectivity index (χ4n) is 2.50. The molecule has 0 aliphatic heterocycles. The van der Waals surface area contributed by atoms with Gasteiger partial charge in [0.15, 0.2) is 6.10 Å². The Hall–Kier alpha value is -2.34. The first-order valence-electron chi connectivity index (χ1n) is 8.30. The number of aryl methyl sites for hydroxylation is 2. The highest BCUT2D eigenvalue weighted by Crippen LogP contribution is 2.20. The molecule has 1 atom stereocenters. The lowest BCUT2D eigenvalue weighted by Gasteiger charge is -2.22. The molecule has 0 aliphatic carbocycles. The number of rotatable bonds is 6. The highest BCUT2D eigenvalue weighted by molar-refractivity contribution is 9.10. The maximum Gasteiger partial charge on any atom is 0.263 e. The van der Waals surface area contributed by atoms with Crippen LogP contribution in [0.25, 0.3) is 0 Å². The Kier molecular flexibility index (Phi) is 6.80. The molecule has 6 heteroatoms. The van der Waals surface area contributed by atoms with E-state index in [1.54, 1.807) is 20.0 Å².